The van der Waals surface area contributed by atoms with Crippen LogP contribution in [0.4, 0.5) is 0 Å². The van der Waals surface area contributed by atoms with Gasteiger partial charge in [-0.15, -0.1) is 0 Å². The summed E-state index contributed by atoms with van der Waals surface area (Å²) in [6.07, 6.45) is 1.01. The molecule has 0 bridgehead atoms. The molecule has 3 rings (SSSR count). The van der Waals surface area contributed by atoms with Gasteiger partial charge in [0, 0.05) is 17.0 Å². The Labute approximate surface area is 131 Å². The molecule has 1 aliphatic rings. The molecule has 2 aromatic carbocycles. The Morgan fingerprint density at radius 3 is 2.76 bits per heavy atom. The van der Waals surface area contributed by atoms with Crippen LogP contribution >= 0.6 is 11.6 Å². The minimum absolute atomic E-state index is 0.219. The Morgan fingerprint density at radius 2 is 1.95 bits per heavy atom. The molecule has 0 radical (unpaired) electrons. The number of rotatable bonds is 4. The number of benzene rings is 2. The van der Waals surface area contributed by atoms with E-state index in [0.717, 1.165) is 35.9 Å². The summed E-state index contributed by atoms with van der Waals surface area (Å²) in [6.45, 7) is 3.76. The molecule has 2 atom stereocenters. The zero-order chi connectivity index (χ0) is 14.7. The van der Waals surface area contributed by atoms with Gasteiger partial charge in [-0.25, -0.2) is 0 Å². The van der Waals surface area contributed by atoms with Crippen LogP contribution in [0.2, 0.25) is 5.02 Å². The molecule has 1 N–H and O–H groups in total. The van der Waals surface area contributed by atoms with Crippen LogP contribution in [0.1, 0.15) is 24.1 Å². The van der Waals surface area contributed by atoms with E-state index in [4.69, 9.17) is 16.3 Å². The van der Waals surface area contributed by atoms with Gasteiger partial charge < -0.3 is 10.1 Å². The summed E-state index contributed by atoms with van der Waals surface area (Å²) in [7, 11) is 0. The average Bonchev–Trinajstić information content (AvgIpc) is 2.53. The normalized spacial score (nSPS) is 18.7. The van der Waals surface area contributed by atoms with Crippen LogP contribution in [0.5, 0.6) is 5.75 Å². The third-order valence-corrected chi connectivity index (χ3v) is 4.39. The van der Waals surface area contributed by atoms with Crippen molar-refractivity contribution in [2.75, 3.05) is 13.2 Å². The first-order valence-corrected chi connectivity index (χ1v) is 7.86. The molecule has 2 aromatic rings. The highest BCUT2D eigenvalue weighted by atomic mass is 35.5. The second kappa shape index (κ2) is 6.50. The van der Waals surface area contributed by atoms with E-state index < -0.39 is 0 Å². The Balaban J connectivity index is 1.88. The zero-order valence-electron chi connectivity index (χ0n) is 12.2. The van der Waals surface area contributed by atoms with Gasteiger partial charge in [0.15, 0.2) is 0 Å². The average molecular weight is 302 g/mol. The molecule has 110 valence electrons. The van der Waals surface area contributed by atoms with Gasteiger partial charge in [0.2, 0.25) is 0 Å². The minimum atomic E-state index is 0.219. The number of hydrogen-bond acceptors (Lipinski definition) is 2. The SMILES string of the molecule is CCNC(c1ccccc1Cl)C1COc2ccccc2C1. The molecule has 21 heavy (non-hydrogen) atoms. The van der Waals surface area contributed by atoms with Gasteiger partial charge in [0.1, 0.15) is 5.75 Å². The third kappa shape index (κ3) is 3.07. The summed E-state index contributed by atoms with van der Waals surface area (Å²) in [5.41, 5.74) is 2.44. The van der Waals surface area contributed by atoms with E-state index in [0.29, 0.717) is 5.92 Å². The molecule has 3 heteroatoms. The van der Waals surface area contributed by atoms with Crippen LogP contribution in [0.3, 0.4) is 0 Å². The van der Waals surface area contributed by atoms with E-state index >= 15 is 0 Å². The van der Waals surface area contributed by atoms with Crippen molar-refractivity contribution >= 4 is 11.6 Å². The van der Waals surface area contributed by atoms with Gasteiger partial charge in [0.25, 0.3) is 0 Å². The summed E-state index contributed by atoms with van der Waals surface area (Å²) in [5.74, 6) is 1.41. The maximum absolute atomic E-state index is 6.39. The fraction of sp³-hybridized carbons (Fsp3) is 0.333. The van der Waals surface area contributed by atoms with Crippen LogP contribution < -0.4 is 10.1 Å². The summed E-state index contributed by atoms with van der Waals surface area (Å²) < 4.78 is 5.94. The van der Waals surface area contributed by atoms with Crippen LogP contribution in [0.25, 0.3) is 0 Å². The second-order valence-corrected chi connectivity index (χ2v) is 5.85. The Bertz CT molecular complexity index is 614. The van der Waals surface area contributed by atoms with E-state index in [2.05, 4.69) is 30.4 Å². The monoisotopic (exact) mass is 301 g/mol. The Kier molecular flexibility index (Phi) is 4.47. The van der Waals surface area contributed by atoms with Gasteiger partial charge in [-0.1, -0.05) is 54.9 Å². The van der Waals surface area contributed by atoms with Crippen LogP contribution in [0.15, 0.2) is 48.5 Å². The van der Waals surface area contributed by atoms with E-state index in [1.807, 2.05) is 30.3 Å². The summed E-state index contributed by atoms with van der Waals surface area (Å²) in [5, 5.41) is 4.40. The number of halogens is 1. The van der Waals surface area contributed by atoms with Crippen molar-refractivity contribution in [3.8, 4) is 5.75 Å². The van der Waals surface area contributed by atoms with Gasteiger partial charge in [-0.05, 0) is 36.2 Å². The van der Waals surface area contributed by atoms with E-state index in [9.17, 15) is 0 Å². The van der Waals surface area contributed by atoms with E-state index in [1.54, 1.807) is 0 Å². The molecule has 0 aliphatic carbocycles. The fourth-order valence-corrected chi connectivity index (χ4v) is 3.30. The lowest BCUT2D eigenvalue weighted by atomic mass is 9.86. The summed E-state index contributed by atoms with van der Waals surface area (Å²) >= 11 is 6.39. The zero-order valence-corrected chi connectivity index (χ0v) is 12.9. The first kappa shape index (κ1) is 14.4. The van der Waals surface area contributed by atoms with Crippen molar-refractivity contribution in [1.29, 1.82) is 0 Å². The molecule has 0 saturated carbocycles. The molecule has 0 amide bonds. The largest absolute Gasteiger partial charge is 0.493 e. The first-order valence-electron chi connectivity index (χ1n) is 7.48. The summed E-state index contributed by atoms with van der Waals surface area (Å²) in [6, 6.07) is 16.6. The molecule has 2 nitrogen and oxygen atoms in total. The van der Waals surface area contributed by atoms with Gasteiger partial charge in [-0.3, -0.25) is 0 Å². The van der Waals surface area contributed by atoms with Crippen LogP contribution in [0, 0.1) is 5.92 Å². The fourth-order valence-electron chi connectivity index (χ4n) is 3.04. The number of hydrogen-bond donors (Lipinski definition) is 1. The maximum Gasteiger partial charge on any atom is 0.122 e. The molecule has 0 spiro atoms. The lowest BCUT2D eigenvalue weighted by Crippen LogP contribution is -2.35. The van der Waals surface area contributed by atoms with E-state index in [-0.39, 0.29) is 6.04 Å². The van der Waals surface area contributed by atoms with Crippen molar-refractivity contribution in [2.45, 2.75) is 19.4 Å². The molecule has 2 unspecified atom stereocenters. The molecular weight excluding hydrogens is 282 g/mol. The molecule has 0 fully saturated rings. The van der Waals surface area contributed by atoms with E-state index in [1.165, 1.54) is 5.56 Å². The van der Waals surface area contributed by atoms with Gasteiger partial charge in [0.05, 0.1) is 6.61 Å². The van der Waals surface area contributed by atoms with Gasteiger partial charge in [-0.2, -0.15) is 0 Å². The van der Waals surface area contributed by atoms with Crippen molar-refractivity contribution < 1.29 is 4.74 Å². The highest BCUT2D eigenvalue weighted by Gasteiger charge is 2.29. The molecule has 1 aliphatic heterocycles. The number of ether oxygens (including phenoxy) is 1. The topological polar surface area (TPSA) is 21.3 Å². The van der Waals surface area contributed by atoms with Crippen molar-refractivity contribution in [2.24, 2.45) is 5.92 Å². The Hall–Kier alpha value is -1.51. The molecule has 0 aromatic heterocycles. The highest BCUT2D eigenvalue weighted by Crippen LogP contribution is 2.35. The molecule has 0 saturated heterocycles. The molecule has 1 heterocycles. The smallest absolute Gasteiger partial charge is 0.122 e. The number of fused-ring (bicyclic) bond motifs is 1. The van der Waals surface area contributed by atoms with Crippen molar-refractivity contribution in [3.63, 3.8) is 0 Å². The predicted molar refractivity (Wildman–Crippen MR) is 87.0 cm³/mol. The lowest BCUT2D eigenvalue weighted by Gasteiger charge is -2.33. The predicted octanol–water partition coefficient (Wildman–Crippen LogP) is 4.24. The van der Waals surface area contributed by atoms with Crippen molar-refractivity contribution in [3.05, 3.63) is 64.7 Å². The standard InChI is InChI=1S/C18H20ClNO/c1-2-20-18(15-8-4-5-9-16(15)19)14-11-13-7-3-6-10-17(13)21-12-14/h3-10,14,18,20H,2,11-12H2,1H3. The summed E-state index contributed by atoms with van der Waals surface area (Å²) in [4.78, 5) is 0. The van der Waals surface area contributed by atoms with Crippen LogP contribution in [-0.4, -0.2) is 13.2 Å². The molecular formula is C18H20ClNO. The highest BCUT2D eigenvalue weighted by molar-refractivity contribution is 6.31. The number of nitrogens with one attached hydrogen (secondary N) is 1. The minimum Gasteiger partial charge on any atom is -0.493 e. The third-order valence-electron chi connectivity index (χ3n) is 4.04. The Morgan fingerprint density at radius 1 is 1.19 bits per heavy atom. The van der Waals surface area contributed by atoms with Crippen molar-refractivity contribution in [1.82, 2.24) is 5.32 Å². The lowest BCUT2D eigenvalue weighted by molar-refractivity contribution is 0.185. The van der Waals surface area contributed by atoms with Gasteiger partial charge >= 0.3 is 0 Å². The maximum atomic E-state index is 6.39. The number of para-hydroxylation sites is 1. The first-order chi connectivity index (χ1) is 10.3. The second-order valence-electron chi connectivity index (χ2n) is 5.44. The quantitative estimate of drug-likeness (QED) is 0.912. The van der Waals surface area contributed by atoms with Crippen LogP contribution in [-0.2, 0) is 6.42 Å².